The van der Waals surface area contributed by atoms with E-state index in [-0.39, 0.29) is 24.2 Å². The number of rotatable bonds is 3. The van der Waals surface area contributed by atoms with Crippen LogP contribution < -0.4 is 4.90 Å². The SMILES string of the molecule is Cc1cc(C)n(C[C@H]2CC(=O)N(c3ccc(Br)cc3)C2=O)n1. The van der Waals surface area contributed by atoms with Crippen molar-refractivity contribution in [3.63, 3.8) is 0 Å². The van der Waals surface area contributed by atoms with Crippen LogP contribution in [0.2, 0.25) is 0 Å². The fourth-order valence-electron chi connectivity index (χ4n) is 2.77. The number of amides is 2. The van der Waals surface area contributed by atoms with Gasteiger partial charge in [0.1, 0.15) is 0 Å². The summed E-state index contributed by atoms with van der Waals surface area (Å²) in [6.07, 6.45) is 0.229. The highest BCUT2D eigenvalue weighted by Gasteiger charge is 2.39. The first kappa shape index (κ1) is 15.0. The second-order valence-electron chi connectivity index (χ2n) is 5.55. The van der Waals surface area contributed by atoms with E-state index in [2.05, 4.69) is 21.0 Å². The summed E-state index contributed by atoms with van der Waals surface area (Å²) in [5.41, 5.74) is 2.54. The Labute approximate surface area is 137 Å². The molecule has 6 heteroatoms. The largest absolute Gasteiger partial charge is 0.274 e. The van der Waals surface area contributed by atoms with E-state index in [0.29, 0.717) is 12.2 Å². The van der Waals surface area contributed by atoms with Gasteiger partial charge in [0.2, 0.25) is 11.8 Å². The zero-order valence-electron chi connectivity index (χ0n) is 12.4. The number of imide groups is 1. The van der Waals surface area contributed by atoms with Crippen LogP contribution in [0.1, 0.15) is 17.8 Å². The molecule has 3 rings (SSSR count). The molecule has 1 fully saturated rings. The Hall–Kier alpha value is -1.95. The number of nitrogens with zero attached hydrogens (tertiary/aromatic N) is 3. The Morgan fingerprint density at radius 1 is 1.23 bits per heavy atom. The van der Waals surface area contributed by atoms with Crippen LogP contribution in [0.25, 0.3) is 0 Å². The van der Waals surface area contributed by atoms with Crippen LogP contribution in [0.3, 0.4) is 0 Å². The van der Waals surface area contributed by atoms with Gasteiger partial charge in [0, 0.05) is 16.6 Å². The van der Waals surface area contributed by atoms with Gasteiger partial charge in [-0.2, -0.15) is 5.10 Å². The molecule has 1 atom stereocenters. The highest BCUT2D eigenvalue weighted by atomic mass is 79.9. The lowest BCUT2D eigenvalue weighted by Gasteiger charge is -2.15. The molecule has 0 spiro atoms. The highest BCUT2D eigenvalue weighted by molar-refractivity contribution is 9.10. The van der Waals surface area contributed by atoms with Crippen molar-refractivity contribution in [3.05, 3.63) is 46.2 Å². The van der Waals surface area contributed by atoms with Gasteiger partial charge in [0.05, 0.1) is 23.8 Å². The number of halogens is 1. The molecular formula is C16H16BrN3O2. The monoisotopic (exact) mass is 361 g/mol. The Bertz CT molecular complexity index is 736. The average Bonchev–Trinajstić information content (AvgIpc) is 2.92. The highest BCUT2D eigenvalue weighted by Crippen LogP contribution is 2.28. The number of hydrogen-bond acceptors (Lipinski definition) is 3. The van der Waals surface area contributed by atoms with Crippen LogP contribution in [0, 0.1) is 19.8 Å². The van der Waals surface area contributed by atoms with Crippen molar-refractivity contribution < 1.29 is 9.59 Å². The summed E-state index contributed by atoms with van der Waals surface area (Å²) in [6.45, 7) is 4.31. The number of aromatic nitrogens is 2. The standard InChI is InChI=1S/C16H16BrN3O2/c1-10-7-11(2)19(18-10)9-12-8-15(21)20(16(12)22)14-5-3-13(17)4-6-14/h3-7,12H,8-9H2,1-2H3/t12-/m1/s1. The van der Waals surface area contributed by atoms with E-state index < -0.39 is 0 Å². The third-order valence-corrected chi connectivity index (χ3v) is 4.35. The van der Waals surface area contributed by atoms with Gasteiger partial charge in [0.15, 0.2) is 0 Å². The molecule has 2 aromatic rings. The summed E-state index contributed by atoms with van der Waals surface area (Å²) in [4.78, 5) is 26.1. The lowest BCUT2D eigenvalue weighted by molar-refractivity contribution is -0.122. The zero-order chi connectivity index (χ0) is 15.9. The molecule has 0 unspecified atom stereocenters. The molecule has 22 heavy (non-hydrogen) atoms. The third-order valence-electron chi connectivity index (χ3n) is 3.82. The fourth-order valence-corrected chi connectivity index (χ4v) is 3.03. The maximum absolute atomic E-state index is 12.6. The van der Waals surface area contributed by atoms with Gasteiger partial charge < -0.3 is 0 Å². The first-order chi connectivity index (χ1) is 10.5. The van der Waals surface area contributed by atoms with Gasteiger partial charge in [-0.3, -0.25) is 19.2 Å². The molecule has 1 aromatic heterocycles. The maximum atomic E-state index is 12.6. The average molecular weight is 362 g/mol. The molecule has 0 saturated carbocycles. The van der Waals surface area contributed by atoms with E-state index >= 15 is 0 Å². The van der Waals surface area contributed by atoms with Gasteiger partial charge in [-0.05, 0) is 44.2 Å². The number of aryl methyl sites for hydroxylation is 2. The normalized spacial score (nSPS) is 18.3. The number of carbonyl (C=O) groups is 2. The molecule has 1 aliphatic rings. The molecule has 0 aliphatic carbocycles. The summed E-state index contributed by atoms with van der Waals surface area (Å²) < 4.78 is 2.71. The van der Waals surface area contributed by atoms with Gasteiger partial charge in [-0.15, -0.1) is 0 Å². The summed E-state index contributed by atoms with van der Waals surface area (Å²) in [5.74, 6) is -0.659. The molecule has 5 nitrogen and oxygen atoms in total. The number of anilines is 1. The summed E-state index contributed by atoms with van der Waals surface area (Å²) >= 11 is 3.35. The number of hydrogen-bond donors (Lipinski definition) is 0. The number of benzene rings is 1. The molecule has 0 radical (unpaired) electrons. The third kappa shape index (κ3) is 2.70. The van der Waals surface area contributed by atoms with Gasteiger partial charge >= 0.3 is 0 Å². The Morgan fingerprint density at radius 3 is 2.50 bits per heavy atom. The predicted molar refractivity (Wildman–Crippen MR) is 86.4 cm³/mol. The second kappa shape index (κ2) is 5.68. The predicted octanol–water partition coefficient (Wildman–Crippen LogP) is 2.84. The van der Waals surface area contributed by atoms with Crippen molar-refractivity contribution in [3.8, 4) is 0 Å². The fraction of sp³-hybridized carbons (Fsp3) is 0.312. The smallest absolute Gasteiger partial charge is 0.239 e. The van der Waals surface area contributed by atoms with Crippen molar-refractivity contribution in [2.24, 2.45) is 5.92 Å². The van der Waals surface area contributed by atoms with Crippen LogP contribution >= 0.6 is 15.9 Å². The van der Waals surface area contributed by atoms with Crippen molar-refractivity contribution >= 4 is 33.4 Å². The van der Waals surface area contributed by atoms with Crippen LogP contribution in [0.15, 0.2) is 34.8 Å². The van der Waals surface area contributed by atoms with Crippen molar-refractivity contribution in [1.82, 2.24) is 9.78 Å². The minimum Gasteiger partial charge on any atom is -0.274 e. The van der Waals surface area contributed by atoms with Crippen molar-refractivity contribution in [1.29, 1.82) is 0 Å². The lowest BCUT2D eigenvalue weighted by atomic mass is 10.1. The maximum Gasteiger partial charge on any atom is 0.239 e. The van der Waals surface area contributed by atoms with E-state index in [4.69, 9.17) is 0 Å². The quantitative estimate of drug-likeness (QED) is 0.789. The van der Waals surface area contributed by atoms with Gasteiger partial charge in [0.25, 0.3) is 0 Å². The molecule has 2 heterocycles. The number of carbonyl (C=O) groups excluding carboxylic acids is 2. The van der Waals surface area contributed by atoms with Crippen molar-refractivity contribution in [2.45, 2.75) is 26.8 Å². The molecule has 1 aliphatic heterocycles. The van der Waals surface area contributed by atoms with E-state index in [9.17, 15) is 9.59 Å². The molecule has 1 saturated heterocycles. The molecule has 2 amide bonds. The van der Waals surface area contributed by atoms with E-state index in [1.54, 1.807) is 16.8 Å². The summed E-state index contributed by atoms with van der Waals surface area (Å²) in [6, 6.07) is 9.15. The Kier molecular flexibility index (Phi) is 3.87. The summed E-state index contributed by atoms with van der Waals surface area (Å²) in [5, 5.41) is 4.37. The van der Waals surface area contributed by atoms with Gasteiger partial charge in [-0.25, -0.2) is 0 Å². The van der Waals surface area contributed by atoms with Crippen molar-refractivity contribution in [2.75, 3.05) is 4.90 Å². The summed E-state index contributed by atoms with van der Waals surface area (Å²) in [7, 11) is 0. The van der Waals surface area contributed by atoms with Crippen LogP contribution in [0.4, 0.5) is 5.69 Å². The topological polar surface area (TPSA) is 55.2 Å². The zero-order valence-corrected chi connectivity index (χ0v) is 14.0. The first-order valence-electron chi connectivity index (χ1n) is 7.09. The minimum absolute atomic E-state index is 0.153. The first-order valence-corrected chi connectivity index (χ1v) is 7.88. The molecular weight excluding hydrogens is 346 g/mol. The molecule has 0 N–H and O–H groups in total. The van der Waals surface area contributed by atoms with E-state index in [1.165, 1.54) is 4.90 Å². The van der Waals surface area contributed by atoms with Crippen LogP contribution in [0.5, 0.6) is 0 Å². The van der Waals surface area contributed by atoms with Crippen LogP contribution in [-0.2, 0) is 16.1 Å². The lowest BCUT2D eigenvalue weighted by Crippen LogP contribution is -2.31. The van der Waals surface area contributed by atoms with Gasteiger partial charge in [-0.1, -0.05) is 15.9 Å². The Balaban J connectivity index is 1.82. The van der Waals surface area contributed by atoms with E-state index in [1.807, 2.05) is 32.0 Å². The molecule has 114 valence electrons. The second-order valence-corrected chi connectivity index (χ2v) is 6.47. The Morgan fingerprint density at radius 2 is 1.91 bits per heavy atom. The minimum atomic E-state index is -0.353. The van der Waals surface area contributed by atoms with Crippen LogP contribution in [-0.4, -0.2) is 21.6 Å². The molecule has 0 bridgehead atoms. The molecule has 1 aromatic carbocycles. The van der Waals surface area contributed by atoms with E-state index in [0.717, 1.165) is 15.9 Å².